The molecule has 1 fully saturated rings. The van der Waals surface area contributed by atoms with Crippen LogP contribution in [-0.2, 0) is 4.79 Å². The SMILES string of the molecule is O=C(C[C@H](c1ccccc1)[B-](F)(F)F)N1CCCC1. The summed E-state index contributed by atoms with van der Waals surface area (Å²) in [6.07, 6.45) is 1.31. The van der Waals surface area contributed by atoms with Gasteiger partial charge in [0, 0.05) is 19.5 Å². The highest BCUT2D eigenvalue weighted by Crippen LogP contribution is 2.34. The first kappa shape index (κ1) is 14.0. The van der Waals surface area contributed by atoms with Crippen LogP contribution in [0.3, 0.4) is 0 Å². The van der Waals surface area contributed by atoms with Crippen LogP contribution >= 0.6 is 0 Å². The lowest BCUT2D eigenvalue weighted by atomic mass is 9.66. The minimum atomic E-state index is -5.07. The number of hydrogen-bond donors (Lipinski definition) is 0. The summed E-state index contributed by atoms with van der Waals surface area (Å²) in [4.78, 5) is 13.5. The molecule has 1 amide bonds. The Kier molecular flexibility index (Phi) is 4.17. The van der Waals surface area contributed by atoms with Gasteiger partial charge in [-0.1, -0.05) is 35.9 Å². The standard InChI is InChI=1S/C13H16BF3NO/c15-14(16,17)12(11-6-2-1-3-7-11)10-13(19)18-8-4-5-9-18/h1-3,6-7,12H,4-5,8-10H2/q-1/t12-/m1/s1. The Morgan fingerprint density at radius 2 is 1.74 bits per heavy atom. The lowest BCUT2D eigenvalue weighted by Crippen LogP contribution is -2.35. The Hall–Kier alpha value is -1.46. The Bertz CT molecular complexity index is 429. The molecule has 0 aromatic heterocycles. The van der Waals surface area contributed by atoms with E-state index in [0.717, 1.165) is 12.8 Å². The topological polar surface area (TPSA) is 20.3 Å². The van der Waals surface area contributed by atoms with Crippen LogP contribution in [-0.4, -0.2) is 30.9 Å². The molecule has 2 rings (SSSR count). The van der Waals surface area contributed by atoms with Crippen LogP contribution in [0.4, 0.5) is 12.9 Å². The lowest BCUT2D eigenvalue weighted by Gasteiger charge is -2.28. The summed E-state index contributed by atoms with van der Waals surface area (Å²) in [7, 11) is 0. The molecule has 1 atom stereocenters. The fourth-order valence-electron chi connectivity index (χ4n) is 2.45. The van der Waals surface area contributed by atoms with E-state index in [9.17, 15) is 17.7 Å². The number of carbonyl (C=O) groups excluding carboxylic acids is 1. The first-order valence-corrected chi connectivity index (χ1v) is 6.51. The molecule has 104 valence electrons. The van der Waals surface area contributed by atoms with Gasteiger partial charge in [-0.05, 0) is 18.7 Å². The number of benzene rings is 1. The quantitative estimate of drug-likeness (QED) is 0.769. The van der Waals surface area contributed by atoms with Crippen LogP contribution in [0.25, 0.3) is 0 Å². The van der Waals surface area contributed by atoms with E-state index < -0.39 is 19.2 Å². The van der Waals surface area contributed by atoms with Crippen LogP contribution < -0.4 is 0 Å². The van der Waals surface area contributed by atoms with Crippen molar-refractivity contribution in [3.63, 3.8) is 0 Å². The van der Waals surface area contributed by atoms with Gasteiger partial charge in [0.15, 0.2) is 0 Å². The molecule has 6 heteroatoms. The van der Waals surface area contributed by atoms with Gasteiger partial charge in [0.2, 0.25) is 5.91 Å². The van der Waals surface area contributed by atoms with Gasteiger partial charge < -0.3 is 17.8 Å². The molecule has 1 heterocycles. The van der Waals surface area contributed by atoms with Gasteiger partial charge in [0.25, 0.3) is 0 Å². The summed E-state index contributed by atoms with van der Waals surface area (Å²) >= 11 is 0. The number of amides is 1. The Labute approximate surface area is 110 Å². The number of halogens is 3. The van der Waals surface area contributed by atoms with Crippen LogP contribution in [0, 0.1) is 0 Å². The molecule has 1 aromatic rings. The van der Waals surface area contributed by atoms with E-state index in [-0.39, 0.29) is 11.5 Å². The van der Waals surface area contributed by atoms with E-state index in [2.05, 4.69) is 0 Å². The molecule has 0 saturated carbocycles. The van der Waals surface area contributed by atoms with Crippen LogP contribution in [0.1, 0.15) is 30.6 Å². The number of rotatable bonds is 4. The predicted molar refractivity (Wildman–Crippen MR) is 68.7 cm³/mol. The van der Waals surface area contributed by atoms with E-state index in [4.69, 9.17) is 0 Å². The second-order valence-corrected chi connectivity index (χ2v) is 4.93. The fourth-order valence-corrected chi connectivity index (χ4v) is 2.45. The first-order valence-electron chi connectivity index (χ1n) is 6.51. The summed E-state index contributed by atoms with van der Waals surface area (Å²) < 4.78 is 39.4. The average Bonchev–Trinajstić information content (AvgIpc) is 2.89. The van der Waals surface area contributed by atoms with Gasteiger partial charge in [0.1, 0.15) is 0 Å². The zero-order chi connectivity index (χ0) is 13.9. The van der Waals surface area contributed by atoms with Gasteiger partial charge in [-0.2, -0.15) is 0 Å². The molecule has 1 aromatic carbocycles. The molecule has 0 N–H and O–H groups in total. The Morgan fingerprint density at radius 3 is 2.26 bits per heavy atom. The molecule has 0 aliphatic carbocycles. The molecule has 0 bridgehead atoms. The van der Waals surface area contributed by atoms with Crippen molar-refractivity contribution in [3.8, 4) is 0 Å². The maximum absolute atomic E-state index is 13.1. The molecule has 2 nitrogen and oxygen atoms in total. The smallest absolute Gasteiger partial charge is 0.448 e. The maximum atomic E-state index is 13.1. The van der Waals surface area contributed by atoms with Crippen molar-refractivity contribution in [2.24, 2.45) is 0 Å². The van der Waals surface area contributed by atoms with E-state index in [1.165, 1.54) is 17.0 Å². The summed E-state index contributed by atoms with van der Waals surface area (Å²) in [6.45, 7) is -3.89. The highest BCUT2D eigenvalue weighted by Gasteiger charge is 2.38. The second-order valence-electron chi connectivity index (χ2n) is 4.93. The second kappa shape index (κ2) is 5.67. The van der Waals surface area contributed by atoms with E-state index >= 15 is 0 Å². The highest BCUT2D eigenvalue weighted by molar-refractivity contribution is 6.60. The summed E-state index contributed by atoms with van der Waals surface area (Å²) in [6, 6.07) is 7.70. The van der Waals surface area contributed by atoms with Crippen molar-refractivity contribution in [1.29, 1.82) is 0 Å². The van der Waals surface area contributed by atoms with Gasteiger partial charge >= 0.3 is 6.98 Å². The average molecular weight is 270 g/mol. The number of nitrogens with zero attached hydrogens (tertiary/aromatic N) is 1. The summed E-state index contributed by atoms with van der Waals surface area (Å²) in [5.41, 5.74) is 0.183. The summed E-state index contributed by atoms with van der Waals surface area (Å²) in [5.74, 6) is -2.03. The van der Waals surface area contributed by atoms with Crippen LogP contribution in [0.5, 0.6) is 0 Å². The Morgan fingerprint density at radius 1 is 1.16 bits per heavy atom. The predicted octanol–water partition coefficient (Wildman–Crippen LogP) is 3.17. The van der Waals surface area contributed by atoms with Gasteiger partial charge in [-0.25, -0.2) is 0 Å². The van der Waals surface area contributed by atoms with Gasteiger partial charge in [-0.3, -0.25) is 4.79 Å². The van der Waals surface area contributed by atoms with Crippen molar-refractivity contribution in [2.45, 2.75) is 25.1 Å². The normalized spacial score (nSPS) is 17.5. The number of likely N-dealkylation sites (tertiary alicyclic amines) is 1. The zero-order valence-corrected chi connectivity index (χ0v) is 10.6. The van der Waals surface area contributed by atoms with Crippen molar-refractivity contribution < 1.29 is 17.7 Å². The number of carbonyl (C=O) groups is 1. The molecular weight excluding hydrogens is 254 g/mol. The molecule has 1 aliphatic rings. The van der Waals surface area contributed by atoms with E-state index in [1.807, 2.05) is 0 Å². The van der Waals surface area contributed by atoms with E-state index in [1.54, 1.807) is 18.2 Å². The maximum Gasteiger partial charge on any atom is 0.486 e. The van der Waals surface area contributed by atoms with Crippen LogP contribution in [0.2, 0.25) is 0 Å². The largest absolute Gasteiger partial charge is 0.486 e. The highest BCUT2D eigenvalue weighted by atomic mass is 19.4. The first-order chi connectivity index (χ1) is 8.98. The Balaban J connectivity index is 2.13. The lowest BCUT2D eigenvalue weighted by molar-refractivity contribution is -0.130. The van der Waals surface area contributed by atoms with Gasteiger partial charge in [-0.15, -0.1) is 0 Å². The monoisotopic (exact) mass is 270 g/mol. The zero-order valence-electron chi connectivity index (χ0n) is 10.6. The van der Waals surface area contributed by atoms with Crippen molar-refractivity contribution in [1.82, 2.24) is 4.90 Å². The molecule has 0 unspecified atom stereocenters. The third kappa shape index (κ3) is 3.52. The minimum absolute atomic E-state index is 0.183. The minimum Gasteiger partial charge on any atom is -0.448 e. The van der Waals surface area contributed by atoms with Crippen LogP contribution in [0.15, 0.2) is 30.3 Å². The molecule has 1 saturated heterocycles. The third-order valence-corrected chi connectivity index (χ3v) is 3.54. The van der Waals surface area contributed by atoms with Crippen molar-refractivity contribution in [3.05, 3.63) is 35.9 Å². The molecular formula is C13H16BF3NO-. The fraction of sp³-hybridized carbons (Fsp3) is 0.462. The molecule has 19 heavy (non-hydrogen) atoms. The molecule has 0 radical (unpaired) electrons. The third-order valence-electron chi connectivity index (χ3n) is 3.54. The summed E-state index contributed by atoms with van der Waals surface area (Å²) in [5, 5.41) is 0. The van der Waals surface area contributed by atoms with Gasteiger partial charge in [0.05, 0.1) is 0 Å². The van der Waals surface area contributed by atoms with E-state index in [0.29, 0.717) is 13.1 Å². The van der Waals surface area contributed by atoms with Crippen molar-refractivity contribution >= 4 is 12.9 Å². The molecule has 0 spiro atoms. The van der Waals surface area contributed by atoms with Crippen molar-refractivity contribution in [2.75, 3.05) is 13.1 Å². The number of hydrogen-bond acceptors (Lipinski definition) is 1. The molecule has 1 aliphatic heterocycles.